The van der Waals surface area contributed by atoms with E-state index < -0.39 is 30.5 Å². The van der Waals surface area contributed by atoms with E-state index in [1.54, 1.807) is 18.2 Å². The fourth-order valence-corrected chi connectivity index (χ4v) is 5.02. The van der Waals surface area contributed by atoms with Gasteiger partial charge in [0.05, 0.1) is 17.6 Å². The van der Waals surface area contributed by atoms with Gasteiger partial charge in [0.15, 0.2) is 0 Å². The molecule has 1 heterocycles. The van der Waals surface area contributed by atoms with Crippen LogP contribution in [0.4, 0.5) is 0 Å². The number of aliphatic imine (C=N–C) groups is 1. The molecule has 7 N–H and O–H groups in total. The molecule has 2 fully saturated rings. The summed E-state index contributed by atoms with van der Waals surface area (Å²) in [6.45, 7) is 2.20. The standard InChI is InChI=1S/C24H35N5O5/c1-14(25)23(33)28-24(34)19-10-17(16-5-3-2-4-6-16)13-29(19)12-15-7-8-18(20(30)9-15)22(26)27-11-21(31)32/h7-9,14,16-17,19,30H,2-6,10-13,25H2,1H3,(H2,26,27)(H,31,32)(H,28,33,34)/t14-,17?,19-/m0/s1. The molecule has 1 aromatic carbocycles. The molecule has 0 spiro atoms. The van der Waals surface area contributed by atoms with Crippen molar-refractivity contribution in [2.45, 2.75) is 64.1 Å². The summed E-state index contributed by atoms with van der Waals surface area (Å²) >= 11 is 0. The Kier molecular flexibility index (Phi) is 8.62. The number of rotatable bonds is 8. The molecule has 0 aromatic heterocycles. The molecule has 2 amide bonds. The van der Waals surface area contributed by atoms with Crippen molar-refractivity contribution in [3.05, 3.63) is 29.3 Å². The van der Waals surface area contributed by atoms with Gasteiger partial charge in [0.25, 0.3) is 0 Å². The van der Waals surface area contributed by atoms with Gasteiger partial charge in [-0.15, -0.1) is 0 Å². The van der Waals surface area contributed by atoms with Crippen LogP contribution in [0.1, 0.15) is 56.6 Å². The first kappa shape index (κ1) is 25.6. The number of aromatic hydroxyl groups is 1. The molecule has 1 aromatic rings. The summed E-state index contributed by atoms with van der Waals surface area (Å²) in [5, 5.41) is 21.7. The van der Waals surface area contributed by atoms with E-state index in [9.17, 15) is 19.5 Å². The van der Waals surface area contributed by atoms with Crippen molar-refractivity contribution in [2.24, 2.45) is 28.3 Å². The van der Waals surface area contributed by atoms with E-state index in [1.807, 2.05) is 0 Å². The van der Waals surface area contributed by atoms with Crippen LogP contribution in [0.5, 0.6) is 5.75 Å². The first-order valence-corrected chi connectivity index (χ1v) is 11.8. The highest BCUT2D eigenvalue weighted by atomic mass is 16.4. The molecule has 0 radical (unpaired) electrons. The van der Waals surface area contributed by atoms with Gasteiger partial charge >= 0.3 is 5.97 Å². The third kappa shape index (κ3) is 6.54. The topological polar surface area (TPSA) is 171 Å². The van der Waals surface area contributed by atoms with Gasteiger partial charge < -0.3 is 21.7 Å². The number of hydrogen-bond donors (Lipinski definition) is 5. The second-order valence-corrected chi connectivity index (χ2v) is 9.43. The van der Waals surface area contributed by atoms with E-state index in [-0.39, 0.29) is 23.1 Å². The van der Waals surface area contributed by atoms with Crippen molar-refractivity contribution in [2.75, 3.05) is 13.1 Å². The predicted molar refractivity (Wildman–Crippen MR) is 127 cm³/mol. The fourth-order valence-electron chi connectivity index (χ4n) is 5.02. The van der Waals surface area contributed by atoms with Crippen molar-refractivity contribution < 1.29 is 24.6 Å². The van der Waals surface area contributed by atoms with E-state index in [4.69, 9.17) is 16.6 Å². The number of carboxylic acid groups (broad SMARTS) is 1. The molecule has 10 heteroatoms. The molecular formula is C24H35N5O5. The third-order valence-electron chi connectivity index (χ3n) is 6.82. The van der Waals surface area contributed by atoms with Gasteiger partial charge in [-0.3, -0.25) is 29.6 Å². The van der Waals surface area contributed by atoms with Crippen molar-refractivity contribution in [1.82, 2.24) is 10.2 Å². The third-order valence-corrected chi connectivity index (χ3v) is 6.82. The lowest BCUT2D eigenvalue weighted by atomic mass is 9.79. The van der Waals surface area contributed by atoms with E-state index >= 15 is 0 Å². The Bertz CT molecular complexity index is 942. The van der Waals surface area contributed by atoms with Crippen LogP contribution in [-0.2, 0) is 20.9 Å². The second-order valence-electron chi connectivity index (χ2n) is 9.43. The molecule has 186 valence electrons. The molecule has 1 aliphatic heterocycles. The number of likely N-dealkylation sites (tertiary alicyclic amines) is 1. The number of carbonyl (C=O) groups excluding carboxylic acids is 2. The SMILES string of the molecule is C[C@H](N)C(=O)NC(=O)[C@@H]1CC(C2CCCCC2)CN1Cc1ccc(C(N)=NCC(=O)O)c(O)c1. The number of imide groups is 1. The zero-order valence-corrected chi connectivity index (χ0v) is 19.6. The van der Waals surface area contributed by atoms with Crippen molar-refractivity contribution in [3.63, 3.8) is 0 Å². The summed E-state index contributed by atoms with van der Waals surface area (Å²) < 4.78 is 0. The Hall–Kier alpha value is -2.98. The van der Waals surface area contributed by atoms with E-state index in [2.05, 4.69) is 15.2 Å². The number of phenols is 1. The van der Waals surface area contributed by atoms with E-state index in [1.165, 1.54) is 26.2 Å². The molecular weight excluding hydrogens is 438 g/mol. The van der Waals surface area contributed by atoms with Crippen LogP contribution < -0.4 is 16.8 Å². The van der Waals surface area contributed by atoms with Crippen molar-refractivity contribution >= 4 is 23.6 Å². The predicted octanol–water partition coefficient (Wildman–Crippen LogP) is 0.943. The Morgan fingerprint density at radius 2 is 1.91 bits per heavy atom. The molecule has 2 aliphatic rings. The molecule has 0 bridgehead atoms. The van der Waals surface area contributed by atoms with Crippen LogP contribution in [0.25, 0.3) is 0 Å². The van der Waals surface area contributed by atoms with E-state index in [0.29, 0.717) is 24.8 Å². The van der Waals surface area contributed by atoms with Crippen LogP contribution >= 0.6 is 0 Å². The number of amidine groups is 1. The Labute approximate surface area is 199 Å². The van der Waals surface area contributed by atoms with Gasteiger partial charge in [0.1, 0.15) is 18.1 Å². The first-order chi connectivity index (χ1) is 16.2. The maximum Gasteiger partial charge on any atom is 0.325 e. The van der Waals surface area contributed by atoms with Gasteiger partial charge in [0.2, 0.25) is 11.8 Å². The minimum absolute atomic E-state index is 0.0587. The summed E-state index contributed by atoms with van der Waals surface area (Å²) in [5.74, 6) is -1.19. The molecule has 1 saturated heterocycles. The smallest absolute Gasteiger partial charge is 0.325 e. The first-order valence-electron chi connectivity index (χ1n) is 11.8. The number of nitrogens with zero attached hydrogens (tertiary/aromatic N) is 2. The summed E-state index contributed by atoms with van der Waals surface area (Å²) in [6, 6.07) is 3.68. The molecule has 3 rings (SSSR count). The van der Waals surface area contributed by atoms with Gasteiger partial charge in [-0.1, -0.05) is 38.2 Å². The average Bonchev–Trinajstić information content (AvgIpc) is 3.22. The normalized spacial score (nSPS) is 22.9. The minimum atomic E-state index is -1.12. The average molecular weight is 474 g/mol. The molecule has 1 saturated carbocycles. The Balaban J connectivity index is 1.76. The second kappa shape index (κ2) is 11.4. The summed E-state index contributed by atoms with van der Waals surface area (Å²) in [7, 11) is 0. The number of benzene rings is 1. The molecule has 3 atom stereocenters. The highest BCUT2D eigenvalue weighted by molar-refractivity contribution is 6.01. The maximum atomic E-state index is 13.0. The summed E-state index contributed by atoms with van der Waals surface area (Å²) in [6.07, 6.45) is 6.68. The van der Waals surface area contributed by atoms with Crippen LogP contribution in [0.15, 0.2) is 23.2 Å². The summed E-state index contributed by atoms with van der Waals surface area (Å²) in [4.78, 5) is 41.5. The van der Waals surface area contributed by atoms with Crippen LogP contribution in [-0.4, -0.2) is 63.9 Å². The van der Waals surface area contributed by atoms with Gasteiger partial charge in [-0.05, 0) is 42.9 Å². The number of phenolic OH excluding ortho intramolecular Hbond substituents is 1. The molecule has 1 aliphatic carbocycles. The lowest BCUT2D eigenvalue weighted by Crippen LogP contribution is -2.49. The zero-order chi connectivity index (χ0) is 24.8. The van der Waals surface area contributed by atoms with Gasteiger partial charge in [0, 0.05) is 13.1 Å². The number of nitrogens with two attached hydrogens (primary N) is 2. The maximum absolute atomic E-state index is 13.0. The minimum Gasteiger partial charge on any atom is -0.507 e. The Morgan fingerprint density at radius 3 is 2.53 bits per heavy atom. The number of carboxylic acids is 1. The van der Waals surface area contributed by atoms with Crippen LogP contribution in [0.2, 0.25) is 0 Å². The number of carbonyl (C=O) groups is 3. The molecule has 1 unspecified atom stereocenters. The Morgan fingerprint density at radius 1 is 1.21 bits per heavy atom. The van der Waals surface area contributed by atoms with Gasteiger partial charge in [-0.2, -0.15) is 0 Å². The van der Waals surface area contributed by atoms with Gasteiger partial charge in [-0.25, -0.2) is 0 Å². The molecule has 34 heavy (non-hydrogen) atoms. The fraction of sp³-hybridized carbons (Fsp3) is 0.583. The zero-order valence-electron chi connectivity index (χ0n) is 19.6. The highest BCUT2D eigenvalue weighted by Crippen LogP contribution is 2.38. The molecule has 10 nitrogen and oxygen atoms in total. The largest absolute Gasteiger partial charge is 0.507 e. The lowest BCUT2D eigenvalue weighted by molar-refractivity contribution is -0.135. The monoisotopic (exact) mass is 473 g/mol. The van der Waals surface area contributed by atoms with Crippen LogP contribution in [0.3, 0.4) is 0 Å². The highest BCUT2D eigenvalue weighted by Gasteiger charge is 2.40. The van der Waals surface area contributed by atoms with Crippen LogP contribution in [0, 0.1) is 11.8 Å². The number of aliphatic carboxylic acids is 1. The summed E-state index contributed by atoms with van der Waals surface area (Å²) in [5.41, 5.74) is 12.5. The number of hydrogen-bond acceptors (Lipinski definition) is 7. The number of amides is 2. The number of nitrogens with one attached hydrogen (secondary N) is 1. The lowest BCUT2D eigenvalue weighted by Gasteiger charge is -2.27. The van der Waals surface area contributed by atoms with Crippen molar-refractivity contribution in [3.8, 4) is 5.75 Å². The van der Waals surface area contributed by atoms with E-state index in [0.717, 1.165) is 24.9 Å². The quantitative estimate of drug-likeness (QED) is 0.274. The van der Waals surface area contributed by atoms with Crippen molar-refractivity contribution in [1.29, 1.82) is 0 Å².